The van der Waals surface area contributed by atoms with Crippen LogP contribution in [-0.2, 0) is 0 Å². The van der Waals surface area contributed by atoms with Gasteiger partial charge in [0.1, 0.15) is 0 Å². The van der Waals surface area contributed by atoms with Crippen molar-refractivity contribution in [3.05, 3.63) is 0 Å². The van der Waals surface area contributed by atoms with Gasteiger partial charge in [-0.2, -0.15) is 0 Å². The molecule has 4 bridgehead atoms. The number of rotatable bonds is 2. The number of hydrogen-bond donors (Lipinski definition) is 2. The first-order valence-corrected chi connectivity index (χ1v) is 6.53. The van der Waals surface area contributed by atoms with E-state index in [2.05, 4.69) is 6.92 Å². The van der Waals surface area contributed by atoms with Crippen LogP contribution >= 0.6 is 0 Å². The lowest BCUT2D eigenvalue weighted by Crippen LogP contribution is -2.60. The number of hydrogen-bond acceptors (Lipinski definition) is 2. The third-order valence-corrected chi connectivity index (χ3v) is 5.30. The van der Waals surface area contributed by atoms with Crippen LogP contribution in [0.4, 0.5) is 0 Å². The number of aliphatic hydroxyl groups is 1. The van der Waals surface area contributed by atoms with Crippen molar-refractivity contribution in [1.82, 2.24) is 0 Å². The second kappa shape index (κ2) is 2.98. The molecule has 0 heterocycles. The Morgan fingerprint density at radius 1 is 1.27 bits per heavy atom. The summed E-state index contributed by atoms with van der Waals surface area (Å²) >= 11 is 0. The largest absolute Gasteiger partial charge is 0.390 e. The molecule has 2 nitrogen and oxygen atoms in total. The molecule has 86 valence electrons. The van der Waals surface area contributed by atoms with Gasteiger partial charge in [0.15, 0.2) is 0 Å². The zero-order valence-electron chi connectivity index (χ0n) is 9.71. The van der Waals surface area contributed by atoms with Gasteiger partial charge in [-0.25, -0.2) is 0 Å². The molecule has 0 unspecified atom stereocenters. The van der Waals surface area contributed by atoms with Gasteiger partial charge in [-0.3, -0.25) is 0 Å². The molecule has 0 aliphatic heterocycles. The third kappa shape index (κ3) is 1.38. The van der Waals surface area contributed by atoms with E-state index < -0.39 is 0 Å². The Morgan fingerprint density at radius 2 is 1.87 bits per heavy atom. The van der Waals surface area contributed by atoms with Crippen LogP contribution in [0.1, 0.15) is 51.9 Å². The monoisotopic (exact) mass is 209 g/mol. The van der Waals surface area contributed by atoms with Crippen LogP contribution in [-0.4, -0.2) is 16.7 Å². The molecule has 0 saturated heterocycles. The molecule has 4 rings (SSSR count). The number of nitrogens with two attached hydrogens (primary N) is 1. The minimum absolute atomic E-state index is 0.299. The van der Waals surface area contributed by atoms with Crippen molar-refractivity contribution < 1.29 is 5.11 Å². The van der Waals surface area contributed by atoms with Crippen LogP contribution in [0.5, 0.6) is 0 Å². The fourth-order valence-corrected chi connectivity index (χ4v) is 5.15. The molecule has 3 N–H and O–H groups in total. The molecular formula is C13H23NO. The predicted octanol–water partition coefficient (Wildman–Crippen LogP) is 2.06. The van der Waals surface area contributed by atoms with Gasteiger partial charge in [-0.1, -0.05) is 6.92 Å². The normalized spacial score (nSPS) is 54.6. The Kier molecular flexibility index (Phi) is 2.01. The molecule has 0 aromatic heterocycles. The Morgan fingerprint density at radius 3 is 2.33 bits per heavy atom. The zero-order chi connectivity index (χ0) is 10.7. The van der Waals surface area contributed by atoms with E-state index in [0.717, 1.165) is 37.5 Å². The Hall–Kier alpha value is -0.0800. The summed E-state index contributed by atoms with van der Waals surface area (Å²) in [5, 5.41) is 10.6. The van der Waals surface area contributed by atoms with Crippen LogP contribution in [0.15, 0.2) is 0 Å². The molecule has 4 saturated carbocycles. The van der Waals surface area contributed by atoms with Crippen molar-refractivity contribution in [2.75, 3.05) is 0 Å². The van der Waals surface area contributed by atoms with Crippen molar-refractivity contribution in [2.45, 2.75) is 63.5 Å². The lowest BCUT2D eigenvalue weighted by Gasteiger charge is -2.62. The molecule has 0 spiro atoms. The summed E-state index contributed by atoms with van der Waals surface area (Å²) in [5.41, 5.74) is 6.28. The second-order valence-electron chi connectivity index (χ2n) is 6.56. The molecule has 4 aliphatic carbocycles. The summed E-state index contributed by atoms with van der Waals surface area (Å²) in [4.78, 5) is 0. The van der Waals surface area contributed by atoms with E-state index in [-0.39, 0.29) is 5.60 Å². The Labute approximate surface area is 92.2 Å². The summed E-state index contributed by atoms with van der Waals surface area (Å²) in [6.45, 7) is 2.19. The summed E-state index contributed by atoms with van der Waals surface area (Å²) in [5.74, 6) is 1.54. The van der Waals surface area contributed by atoms with E-state index in [1.165, 1.54) is 19.3 Å². The van der Waals surface area contributed by atoms with Gasteiger partial charge in [0.05, 0.1) is 5.60 Å². The SMILES string of the molecule is CC[C@H](N)C12C[C@H]3C[C@@H](CC(O)(C3)C1)C2. The average Bonchev–Trinajstić information content (AvgIpc) is 2.12. The lowest BCUT2D eigenvalue weighted by molar-refractivity contribution is -0.170. The van der Waals surface area contributed by atoms with Crippen molar-refractivity contribution in [1.29, 1.82) is 0 Å². The van der Waals surface area contributed by atoms with Crippen LogP contribution < -0.4 is 5.73 Å². The van der Waals surface area contributed by atoms with Gasteiger partial charge in [-0.15, -0.1) is 0 Å². The molecule has 3 atom stereocenters. The third-order valence-electron chi connectivity index (χ3n) is 5.30. The highest BCUT2D eigenvalue weighted by atomic mass is 16.3. The quantitative estimate of drug-likeness (QED) is 0.731. The fourth-order valence-electron chi connectivity index (χ4n) is 5.15. The van der Waals surface area contributed by atoms with Gasteiger partial charge in [0.25, 0.3) is 0 Å². The first-order chi connectivity index (χ1) is 7.05. The van der Waals surface area contributed by atoms with Gasteiger partial charge in [-0.05, 0) is 62.2 Å². The molecular weight excluding hydrogens is 186 g/mol. The molecule has 0 amide bonds. The highest BCUT2D eigenvalue weighted by molar-refractivity contribution is 5.10. The van der Waals surface area contributed by atoms with E-state index in [0.29, 0.717) is 11.5 Å². The molecule has 4 fully saturated rings. The maximum atomic E-state index is 10.6. The van der Waals surface area contributed by atoms with E-state index in [1.807, 2.05) is 0 Å². The Balaban J connectivity index is 1.92. The highest BCUT2D eigenvalue weighted by Crippen LogP contribution is 2.62. The summed E-state index contributed by atoms with van der Waals surface area (Å²) in [6.07, 6.45) is 8.11. The fraction of sp³-hybridized carbons (Fsp3) is 1.00. The maximum Gasteiger partial charge on any atom is 0.0659 e. The zero-order valence-corrected chi connectivity index (χ0v) is 9.71. The van der Waals surface area contributed by atoms with E-state index in [9.17, 15) is 5.11 Å². The molecule has 0 radical (unpaired) electrons. The summed E-state index contributed by atoms with van der Waals surface area (Å²) in [6, 6.07) is 0.315. The smallest absolute Gasteiger partial charge is 0.0659 e. The second-order valence-corrected chi connectivity index (χ2v) is 6.56. The van der Waals surface area contributed by atoms with Crippen LogP contribution in [0, 0.1) is 17.3 Å². The van der Waals surface area contributed by atoms with Gasteiger partial charge < -0.3 is 10.8 Å². The molecule has 0 aromatic rings. The van der Waals surface area contributed by atoms with Gasteiger partial charge in [0, 0.05) is 6.04 Å². The molecule has 4 aliphatic rings. The van der Waals surface area contributed by atoms with Crippen LogP contribution in [0.3, 0.4) is 0 Å². The van der Waals surface area contributed by atoms with Crippen molar-refractivity contribution >= 4 is 0 Å². The van der Waals surface area contributed by atoms with Crippen molar-refractivity contribution in [3.8, 4) is 0 Å². The lowest BCUT2D eigenvalue weighted by atomic mass is 9.46. The molecule has 2 heteroatoms. The summed E-state index contributed by atoms with van der Waals surface area (Å²) in [7, 11) is 0. The first kappa shape index (κ1) is 10.1. The topological polar surface area (TPSA) is 46.2 Å². The average molecular weight is 209 g/mol. The highest BCUT2D eigenvalue weighted by Gasteiger charge is 2.58. The minimum Gasteiger partial charge on any atom is -0.390 e. The van der Waals surface area contributed by atoms with Gasteiger partial charge >= 0.3 is 0 Å². The molecule has 15 heavy (non-hydrogen) atoms. The Bertz CT molecular complexity index is 262. The maximum absolute atomic E-state index is 10.6. The van der Waals surface area contributed by atoms with Crippen molar-refractivity contribution in [2.24, 2.45) is 23.0 Å². The molecule has 0 aromatic carbocycles. The predicted molar refractivity (Wildman–Crippen MR) is 60.3 cm³/mol. The van der Waals surface area contributed by atoms with E-state index in [1.54, 1.807) is 0 Å². The van der Waals surface area contributed by atoms with E-state index in [4.69, 9.17) is 5.73 Å². The first-order valence-electron chi connectivity index (χ1n) is 6.53. The summed E-state index contributed by atoms with van der Waals surface area (Å²) < 4.78 is 0. The van der Waals surface area contributed by atoms with Gasteiger partial charge in [0.2, 0.25) is 0 Å². The van der Waals surface area contributed by atoms with E-state index >= 15 is 0 Å². The standard InChI is InChI=1S/C13H23NO/c1-2-11(14)12-4-9-3-10(5-12)7-13(15,6-9)8-12/h9-11,15H,2-8,14H2,1H3/t9-,10-,11+,12?,13?/m1/s1. The van der Waals surface area contributed by atoms with Crippen LogP contribution in [0.25, 0.3) is 0 Å². The van der Waals surface area contributed by atoms with Crippen LogP contribution in [0.2, 0.25) is 0 Å². The minimum atomic E-state index is -0.336. The van der Waals surface area contributed by atoms with Crippen molar-refractivity contribution in [3.63, 3.8) is 0 Å².